The third-order valence-corrected chi connectivity index (χ3v) is 5.05. The smallest absolute Gasteiger partial charge is 0.342 e. The summed E-state index contributed by atoms with van der Waals surface area (Å²) in [7, 11) is 2.22. The zero-order chi connectivity index (χ0) is 16.6. The molecule has 0 radical (unpaired) electrons. The fraction of sp³-hybridized carbons (Fsp3) is 0.632. The van der Waals surface area contributed by atoms with Gasteiger partial charge in [-0.3, -0.25) is 0 Å². The van der Waals surface area contributed by atoms with E-state index < -0.39 is 0 Å². The number of rotatable bonds is 4. The molecule has 0 amide bonds. The van der Waals surface area contributed by atoms with Gasteiger partial charge in [-0.15, -0.1) is 0 Å². The van der Waals surface area contributed by atoms with E-state index in [1.165, 1.54) is 12.8 Å². The number of fused-ring (bicyclic) bond motifs is 2. The van der Waals surface area contributed by atoms with Gasteiger partial charge in [0, 0.05) is 12.1 Å². The van der Waals surface area contributed by atoms with Gasteiger partial charge in [0.15, 0.2) is 0 Å². The number of aryl methyl sites for hydroxylation is 1. The van der Waals surface area contributed by atoms with E-state index >= 15 is 0 Å². The molecule has 0 aromatic heterocycles. The minimum Gasteiger partial charge on any atom is -0.489 e. The van der Waals surface area contributed by atoms with Crippen molar-refractivity contribution in [3.8, 4) is 5.75 Å². The maximum Gasteiger partial charge on any atom is 0.342 e. The monoisotopic (exact) mass is 317 g/mol. The van der Waals surface area contributed by atoms with Crippen LogP contribution in [0.25, 0.3) is 0 Å². The largest absolute Gasteiger partial charge is 0.489 e. The summed E-state index contributed by atoms with van der Waals surface area (Å²) in [5.74, 6) is 0.366. The lowest BCUT2D eigenvalue weighted by Gasteiger charge is -2.36. The van der Waals surface area contributed by atoms with Gasteiger partial charge in [-0.2, -0.15) is 0 Å². The predicted octanol–water partition coefficient (Wildman–Crippen LogP) is 3.56. The van der Waals surface area contributed by atoms with E-state index in [4.69, 9.17) is 9.47 Å². The number of benzene rings is 1. The van der Waals surface area contributed by atoms with E-state index in [9.17, 15) is 4.79 Å². The average Bonchev–Trinajstić information content (AvgIpc) is 2.71. The molecule has 0 aliphatic carbocycles. The highest BCUT2D eigenvalue weighted by atomic mass is 16.5. The van der Waals surface area contributed by atoms with Crippen molar-refractivity contribution in [3.63, 3.8) is 0 Å². The second kappa shape index (κ2) is 6.52. The van der Waals surface area contributed by atoms with E-state index in [-0.39, 0.29) is 18.2 Å². The molecular weight excluding hydrogens is 290 g/mol. The van der Waals surface area contributed by atoms with Crippen LogP contribution < -0.4 is 4.74 Å². The number of esters is 1. The van der Waals surface area contributed by atoms with Crippen molar-refractivity contribution in [2.75, 3.05) is 7.05 Å². The van der Waals surface area contributed by atoms with Crippen LogP contribution in [0.3, 0.4) is 0 Å². The van der Waals surface area contributed by atoms with Crippen LogP contribution in [0.15, 0.2) is 18.2 Å². The summed E-state index contributed by atoms with van der Waals surface area (Å²) in [5, 5.41) is 0. The van der Waals surface area contributed by atoms with Crippen molar-refractivity contribution in [2.45, 2.75) is 70.7 Å². The summed E-state index contributed by atoms with van der Waals surface area (Å²) in [5.41, 5.74) is 1.58. The van der Waals surface area contributed by atoms with Crippen LogP contribution in [0.2, 0.25) is 0 Å². The van der Waals surface area contributed by atoms with Crippen molar-refractivity contribution in [2.24, 2.45) is 0 Å². The van der Waals surface area contributed by atoms with Gasteiger partial charge in [0.1, 0.15) is 17.4 Å². The highest BCUT2D eigenvalue weighted by Gasteiger charge is 2.39. The SMILES string of the molecule is Cc1ccc(O[C@H]2C[C@H]3CC[C@@H](C2)N3C)c(C(=O)OC(C)C)c1. The number of piperidine rings is 1. The molecule has 1 aromatic rings. The molecule has 126 valence electrons. The topological polar surface area (TPSA) is 38.8 Å². The minimum atomic E-state index is -0.297. The van der Waals surface area contributed by atoms with Crippen LogP contribution >= 0.6 is 0 Å². The Bertz CT molecular complexity index is 570. The molecule has 4 heteroatoms. The van der Waals surface area contributed by atoms with E-state index in [1.807, 2.05) is 39.0 Å². The predicted molar refractivity (Wildman–Crippen MR) is 90.0 cm³/mol. The molecular formula is C19H27NO3. The number of carbonyl (C=O) groups excluding carboxylic acids is 1. The highest BCUT2D eigenvalue weighted by Crippen LogP contribution is 2.36. The van der Waals surface area contributed by atoms with Crippen molar-refractivity contribution in [1.82, 2.24) is 4.90 Å². The quantitative estimate of drug-likeness (QED) is 0.796. The molecule has 2 aliphatic heterocycles. The molecule has 0 saturated carbocycles. The summed E-state index contributed by atoms with van der Waals surface area (Å²) in [4.78, 5) is 14.8. The zero-order valence-electron chi connectivity index (χ0n) is 14.5. The van der Waals surface area contributed by atoms with E-state index in [2.05, 4.69) is 11.9 Å². The van der Waals surface area contributed by atoms with Crippen molar-refractivity contribution in [3.05, 3.63) is 29.3 Å². The third kappa shape index (κ3) is 3.52. The molecule has 3 atom stereocenters. The van der Waals surface area contributed by atoms with Gasteiger partial charge in [0.25, 0.3) is 0 Å². The lowest BCUT2D eigenvalue weighted by Crippen LogP contribution is -2.43. The molecule has 4 nitrogen and oxygen atoms in total. The first kappa shape index (κ1) is 16.3. The average molecular weight is 317 g/mol. The van der Waals surface area contributed by atoms with Crippen LogP contribution in [-0.2, 0) is 4.74 Å². The summed E-state index contributed by atoms with van der Waals surface area (Å²) in [6.07, 6.45) is 4.67. The van der Waals surface area contributed by atoms with Gasteiger partial charge < -0.3 is 14.4 Å². The molecule has 2 fully saturated rings. The van der Waals surface area contributed by atoms with E-state index in [0.29, 0.717) is 23.4 Å². The second-order valence-corrected chi connectivity index (χ2v) is 7.22. The second-order valence-electron chi connectivity index (χ2n) is 7.22. The Balaban J connectivity index is 1.76. The van der Waals surface area contributed by atoms with Gasteiger partial charge in [-0.25, -0.2) is 4.79 Å². The van der Waals surface area contributed by atoms with Crippen LogP contribution in [0.1, 0.15) is 55.5 Å². The van der Waals surface area contributed by atoms with Gasteiger partial charge in [0.05, 0.1) is 6.10 Å². The molecule has 2 bridgehead atoms. The lowest BCUT2D eigenvalue weighted by molar-refractivity contribution is 0.0358. The third-order valence-electron chi connectivity index (χ3n) is 5.05. The summed E-state index contributed by atoms with van der Waals surface area (Å²) < 4.78 is 11.6. The molecule has 2 saturated heterocycles. The van der Waals surface area contributed by atoms with Crippen LogP contribution in [-0.4, -0.2) is 42.2 Å². The van der Waals surface area contributed by atoms with Crippen molar-refractivity contribution >= 4 is 5.97 Å². The number of ether oxygens (including phenoxy) is 2. The first-order valence-electron chi connectivity index (χ1n) is 8.64. The van der Waals surface area contributed by atoms with Crippen LogP contribution in [0, 0.1) is 6.92 Å². The Kier molecular flexibility index (Phi) is 4.62. The molecule has 0 spiro atoms. The molecule has 2 heterocycles. The first-order chi connectivity index (χ1) is 10.9. The minimum absolute atomic E-state index is 0.130. The van der Waals surface area contributed by atoms with Gasteiger partial charge in [0.2, 0.25) is 0 Å². The van der Waals surface area contributed by atoms with Gasteiger partial charge >= 0.3 is 5.97 Å². The summed E-state index contributed by atoms with van der Waals surface area (Å²) in [6, 6.07) is 7.01. The molecule has 1 aromatic carbocycles. The Hall–Kier alpha value is -1.55. The normalized spacial score (nSPS) is 27.3. The zero-order valence-corrected chi connectivity index (χ0v) is 14.5. The van der Waals surface area contributed by atoms with Crippen molar-refractivity contribution in [1.29, 1.82) is 0 Å². The standard InChI is InChI=1S/C19H27NO3/c1-12(2)22-19(21)17-9-13(3)5-8-18(17)23-16-10-14-6-7-15(11-16)20(14)4/h5,8-9,12,14-16H,6-7,10-11H2,1-4H3/t14-,15+,16+. The van der Waals surface area contributed by atoms with Crippen molar-refractivity contribution < 1.29 is 14.3 Å². The van der Waals surface area contributed by atoms with Crippen LogP contribution in [0.5, 0.6) is 5.75 Å². The Morgan fingerprint density at radius 2 is 1.87 bits per heavy atom. The van der Waals surface area contributed by atoms with Gasteiger partial charge in [-0.1, -0.05) is 11.6 Å². The first-order valence-corrected chi connectivity index (χ1v) is 8.64. The number of carbonyl (C=O) groups is 1. The molecule has 23 heavy (non-hydrogen) atoms. The number of nitrogens with zero attached hydrogens (tertiary/aromatic N) is 1. The van der Waals surface area contributed by atoms with Crippen LogP contribution in [0.4, 0.5) is 0 Å². The maximum atomic E-state index is 12.4. The van der Waals surface area contributed by atoms with Gasteiger partial charge in [-0.05, 0) is 65.6 Å². The fourth-order valence-electron chi connectivity index (χ4n) is 3.82. The maximum absolute atomic E-state index is 12.4. The Morgan fingerprint density at radius 3 is 2.48 bits per heavy atom. The number of hydrogen-bond donors (Lipinski definition) is 0. The molecule has 0 N–H and O–H groups in total. The number of hydrogen-bond acceptors (Lipinski definition) is 4. The summed E-state index contributed by atoms with van der Waals surface area (Å²) >= 11 is 0. The molecule has 0 unspecified atom stereocenters. The fourth-order valence-corrected chi connectivity index (χ4v) is 3.82. The Labute approximate surface area is 138 Å². The Morgan fingerprint density at radius 1 is 1.22 bits per heavy atom. The highest BCUT2D eigenvalue weighted by molar-refractivity contribution is 5.92. The lowest BCUT2D eigenvalue weighted by atomic mass is 10.0. The molecule has 2 aliphatic rings. The van der Waals surface area contributed by atoms with E-state index in [0.717, 1.165) is 18.4 Å². The summed E-state index contributed by atoms with van der Waals surface area (Å²) in [6.45, 7) is 5.71. The van der Waals surface area contributed by atoms with E-state index in [1.54, 1.807) is 0 Å². The molecule has 3 rings (SSSR count).